The summed E-state index contributed by atoms with van der Waals surface area (Å²) in [7, 11) is 1.36. The Kier molecular flexibility index (Phi) is 3.48. The van der Waals surface area contributed by atoms with Crippen LogP contribution >= 0.6 is 0 Å². The van der Waals surface area contributed by atoms with Crippen LogP contribution in [0.15, 0.2) is 12.1 Å². The summed E-state index contributed by atoms with van der Waals surface area (Å²) in [6, 6.07) is 3.65. The molecule has 19 heavy (non-hydrogen) atoms. The van der Waals surface area contributed by atoms with Crippen LogP contribution in [0, 0.1) is 6.92 Å². The molecule has 1 aromatic carbocycles. The predicted molar refractivity (Wildman–Crippen MR) is 73.8 cm³/mol. The molecule has 1 atom stereocenters. The van der Waals surface area contributed by atoms with Gasteiger partial charge in [-0.2, -0.15) is 0 Å². The summed E-state index contributed by atoms with van der Waals surface area (Å²) < 4.78 is 4.70. The van der Waals surface area contributed by atoms with Crippen LogP contribution in [0.2, 0.25) is 0 Å². The average molecular weight is 262 g/mol. The van der Waals surface area contributed by atoms with Gasteiger partial charge in [0.2, 0.25) is 0 Å². The highest BCUT2D eigenvalue weighted by Gasteiger charge is 2.18. The van der Waals surface area contributed by atoms with Gasteiger partial charge in [0.05, 0.1) is 19.6 Å². The van der Waals surface area contributed by atoms with E-state index >= 15 is 0 Å². The predicted octanol–water partition coefficient (Wildman–Crippen LogP) is 1.83. The Morgan fingerprint density at radius 2 is 2.21 bits per heavy atom. The molecule has 5 heteroatoms. The third kappa shape index (κ3) is 2.29. The Morgan fingerprint density at radius 1 is 1.53 bits per heavy atom. The molecule has 1 aromatic heterocycles. The second-order valence-corrected chi connectivity index (χ2v) is 4.65. The molecule has 0 aliphatic carbocycles. The van der Waals surface area contributed by atoms with Crippen molar-refractivity contribution in [2.75, 3.05) is 12.8 Å². The molecule has 4 N–H and O–H groups in total. The lowest BCUT2D eigenvalue weighted by Crippen LogP contribution is -2.06. The molecule has 1 heterocycles. The number of nitrogens with two attached hydrogens (primary N) is 1. The molecule has 2 aromatic rings. The Balaban J connectivity index is 2.65. The lowest BCUT2D eigenvalue weighted by molar-refractivity contribution is -0.139. The maximum Gasteiger partial charge on any atom is 0.310 e. The number of nitrogen functional groups attached to an aromatic ring is 1. The molecule has 0 aliphatic rings. The van der Waals surface area contributed by atoms with Crippen molar-refractivity contribution in [1.29, 1.82) is 0 Å². The van der Waals surface area contributed by atoms with E-state index < -0.39 is 6.10 Å². The topological polar surface area (TPSA) is 88.3 Å². The molecule has 102 valence electrons. The van der Waals surface area contributed by atoms with Gasteiger partial charge in [0, 0.05) is 27.8 Å². The van der Waals surface area contributed by atoms with Crippen LogP contribution in [0.3, 0.4) is 0 Å². The SMILES string of the molecule is COC(=O)Cc1c(C)[nH]c2ccc(C(C)O)c(N)c12. The maximum atomic E-state index is 11.5. The van der Waals surface area contributed by atoms with E-state index in [4.69, 9.17) is 10.5 Å². The number of carbonyl (C=O) groups is 1. The smallest absolute Gasteiger partial charge is 0.310 e. The number of benzene rings is 1. The molecule has 0 saturated heterocycles. The molecule has 0 bridgehead atoms. The number of rotatable bonds is 3. The maximum absolute atomic E-state index is 11.5. The van der Waals surface area contributed by atoms with Crippen molar-refractivity contribution in [2.45, 2.75) is 26.4 Å². The number of carbonyl (C=O) groups excluding carboxylic acids is 1. The van der Waals surface area contributed by atoms with Gasteiger partial charge in [-0.25, -0.2) is 0 Å². The number of aromatic amines is 1. The van der Waals surface area contributed by atoms with Crippen molar-refractivity contribution in [3.8, 4) is 0 Å². The third-order valence-corrected chi connectivity index (χ3v) is 3.35. The number of esters is 1. The molecule has 0 spiro atoms. The first-order valence-corrected chi connectivity index (χ1v) is 6.10. The molecule has 0 aliphatic heterocycles. The summed E-state index contributed by atoms with van der Waals surface area (Å²) in [5, 5.41) is 10.5. The first-order valence-electron chi connectivity index (χ1n) is 6.10. The number of fused-ring (bicyclic) bond motifs is 1. The average Bonchev–Trinajstić information content (AvgIpc) is 2.66. The highest BCUT2D eigenvalue weighted by molar-refractivity contribution is 5.98. The van der Waals surface area contributed by atoms with Gasteiger partial charge in [-0.1, -0.05) is 6.07 Å². The minimum absolute atomic E-state index is 0.162. The fraction of sp³-hybridized carbons (Fsp3) is 0.357. The molecule has 0 radical (unpaired) electrons. The number of hydrogen-bond donors (Lipinski definition) is 3. The van der Waals surface area contributed by atoms with Crippen LogP contribution in [0.5, 0.6) is 0 Å². The Labute approximate surface area is 111 Å². The monoisotopic (exact) mass is 262 g/mol. The van der Waals surface area contributed by atoms with E-state index in [0.29, 0.717) is 11.3 Å². The number of hydrogen-bond acceptors (Lipinski definition) is 4. The summed E-state index contributed by atoms with van der Waals surface area (Å²) in [5.41, 5.74) is 9.86. The standard InChI is InChI=1S/C14H18N2O3/c1-7-10(6-12(18)19-3)13-11(16-7)5-4-9(8(2)17)14(13)15/h4-5,8,16-17H,6,15H2,1-3H3. The number of aliphatic hydroxyl groups is 1. The number of ether oxygens (including phenoxy) is 1. The molecular formula is C14H18N2O3. The van der Waals surface area contributed by atoms with Crippen molar-refractivity contribution in [3.63, 3.8) is 0 Å². The van der Waals surface area contributed by atoms with Gasteiger partial charge in [-0.15, -0.1) is 0 Å². The Morgan fingerprint density at radius 3 is 2.79 bits per heavy atom. The molecule has 0 fully saturated rings. The van der Waals surface area contributed by atoms with Crippen LogP contribution in [-0.4, -0.2) is 23.2 Å². The first-order chi connectivity index (χ1) is 8.95. The zero-order valence-corrected chi connectivity index (χ0v) is 11.3. The van der Waals surface area contributed by atoms with Crippen LogP contribution < -0.4 is 5.73 Å². The molecule has 5 nitrogen and oxygen atoms in total. The molecule has 1 unspecified atom stereocenters. The highest BCUT2D eigenvalue weighted by atomic mass is 16.5. The molecule has 0 amide bonds. The number of aliphatic hydroxyl groups excluding tert-OH is 1. The van der Waals surface area contributed by atoms with E-state index in [1.807, 2.05) is 13.0 Å². The second-order valence-electron chi connectivity index (χ2n) is 4.65. The minimum Gasteiger partial charge on any atom is -0.469 e. The van der Waals surface area contributed by atoms with Gasteiger partial charge in [0.1, 0.15) is 0 Å². The summed E-state index contributed by atoms with van der Waals surface area (Å²) in [6.07, 6.45) is -0.485. The van der Waals surface area contributed by atoms with Gasteiger partial charge < -0.3 is 20.6 Å². The van der Waals surface area contributed by atoms with Crippen LogP contribution in [0.25, 0.3) is 10.9 Å². The summed E-state index contributed by atoms with van der Waals surface area (Å²) in [4.78, 5) is 14.7. The normalized spacial score (nSPS) is 12.6. The quantitative estimate of drug-likeness (QED) is 0.581. The largest absolute Gasteiger partial charge is 0.469 e. The van der Waals surface area contributed by atoms with Crippen molar-refractivity contribution < 1.29 is 14.6 Å². The van der Waals surface area contributed by atoms with Crippen LogP contribution in [0.1, 0.15) is 29.8 Å². The minimum atomic E-state index is -0.648. The second kappa shape index (κ2) is 4.93. The van der Waals surface area contributed by atoms with Crippen LogP contribution in [0.4, 0.5) is 5.69 Å². The van der Waals surface area contributed by atoms with E-state index in [9.17, 15) is 9.90 Å². The fourth-order valence-corrected chi connectivity index (χ4v) is 2.33. The lowest BCUT2D eigenvalue weighted by atomic mass is 10.0. The number of H-pyrrole nitrogens is 1. The van der Waals surface area contributed by atoms with E-state index in [-0.39, 0.29) is 12.4 Å². The molecule has 2 rings (SSSR count). The lowest BCUT2D eigenvalue weighted by Gasteiger charge is -2.10. The molecule has 0 saturated carbocycles. The Hall–Kier alpha value is -2.01. The molecular weight excluding hydrogens is 244 g/mol. The van der Waals surface area contributed by atoms with Gasteiger partial charge in [-0.3, -0.25) is 4.79 Å². The van der Waals surface area contributed by atoms with Crippen molar-refractivity contribution in [3.05, 3.63) is 29.0 Å². The number of aryl methyl sites for hydroxylation is 1. The van der Waals surface area contributed by atoms with Crippen molar-refractivity contribution >= 4 is 22.6 Å². The van der Waals surface area contributed by atoms with Gasteiger partial charge >= 0.3 is 5.97 Å². The van der Waals surface area contributed by atoms with Gasteiger partial charge in [-0.05, 0) is 25.5 Å². The Bertz CT molecular complexity index is 629. The number of methoxy groups -OCH3 is 1. The number of nitrogens with one attached hydrogen (secondary N) is 1. The fourth-order valence-electron chi connectivity index (χ4n) is 2.33. The van der Waals surface area contributed by atoms with E-state index in [0.717, 1.165) is 22.2 Å². The number of aromatic nitrogens is 1. The summed E-state index contributed by atoms with van der Waals surface area (Å²) >= 11 is 0. The highest BCUT2D eigenvalue weighted by Crippen LogP contribution is 2.33. The van der Waals surface area contributed by atoms with Gasteiger partial charge in [0.25, 0.3) is 0 Å². The third-order valence-electron chi connectivity index (χ3n) is 3.35. The van der Waals surface area contributed by atoms with E-state index in [1.165, 1.54) is 7.11 Å². The first kappa shape index (κ1) is 13.4. The number of anilines is 1. The van der Waals surface area contributed by atoms with Crippen molar-refractivity contribution in [1.82, 2.24) is 4.98 Å². The van der Waals surface area contributed by atoms with Crippen molar-refractivity contribution in [2.24, 2.45) is 0 Å². The summed E-state index contributed by atoms with van der Waals surface area (Å²) in [6.45, 7) is 3.55. The van der Waals surface area contributed by atoms with E-state index in [1.54, 1.807) is 13.0 Å². The zero-order valence-electron chi connectivity index (χ0n) is 11.3. The van der Waals surface area contributed by atoms with E-state index in [2.05, 4.69) is 4.98 Å². The van der Waals surface area contributed by atoms with Crippen LogP contribution in [-0.2, 0) is 16.0 Å². The van der Waals surface area contributed by atoms with Gasteiger partial charge in [0.15, 0.2) is 0 Å². The zero-order chi connectivity index (χ0) is 14.2. The summed E-state index contributed by atoms with van der Waals surface area (Å²) in [5.74, 6) is -0.314.